The highest BCUT2D eigenvalue weighted by molar-refractivity contribution is 5.93. The molecule has 3 rings (SSSR count). The number of nitrogens with one attached hydrogen (secondary N) is 2. The fourth-order valence-electron chi connectivity index (χ4n) is 2.94. The topological polar surface area (TPSA) is 129 Å². The summed E-state index contributed by atoms with van der Waals surface area (Å²) in [6, 6.07) is 14.6. The van der Waals surface area contributed by atoms with Crippen LogP contribution in [-0.2, 0) is 14.3 Å². The summed E-state index contributed by atoms with van der Waals surface area (Å²) < 4.78 is 11.6. The molecule has 176 valence electrons. The molecule has 2 aromatic carbocycles. The first-order valence-electron chi connectivity index (χ1n) is 10.5. The van der Waals surface area contributed by atoms with Gasteiger partial charge in [-0.05, 0) is 50.2 Å². The van der Waals surface area contributed by atoms with Crippen molar-refractivity contribution in [3.05, 3.63) is 76.2 Å². The minimum absolute atomic E-state index is 0.0958. The fraction of sp³-hybridized carbons (Fsp3) is 0.208. The Hall–Kier alpha value is -4.47. The van der Waals surface area contributed by atoms with E-state index in [4.69, 9.17) is 9.47 Å². The van der Waals surface area contributed by atoms with Gasteiger partial charge in [0.05, 0.1) is 18.4 Å². The normalized spacial score (nSPS) is 10.3. The molecule has 0 bridgehead atoms. The molecule has 10 heteroatoms. The molecule has 0 atom stereocenters. The van der Waals surface area contributed by atoms with E-state index < -0.39 is 24.0 Å². The molecule has 1 heterocycles. The quantitative estimate of drug-likeness (QED) is 0.491. The predicted molar refractivity (Wildman–Crippen MR) is 125 cm³/mol. The molecule has 0 saturated carbocycles. The molecule has 0 saturated heterocycles. The number of aryl methyl sites for hydroxylation is 1. The van der Waals surface area contributed by atoms with Crippen molar-refractivity contribution < 1.29 is 23.9 Å². The monoisotopic (exact) mass is 464 g/mol. The molecule has 2 amide bonds. The Morgan fingerprint density at radius 1 is 0.971 bits per heavy atom. The third-order valence-electron chi connectivity index (χ3n) is 4.49. The van der Waals surface area contributed by atoms with Crippen LogP contribution < -0.4 is 20.9 Å². The zero-order chi connectivity index (χ0) is 24.7. The van der Waals surface area contributed by atoms with Gasteiger partial charge in [-0.25, -0.2) is 4.79 Å². The van der Waals surface area contributed by atoms with Gasteiger partial charge in [0.2, 0.25) is 11.6 Å². The molecule has 3 aromatic rings. The van der Waals surface area contributed by atoms with Gasteiger partial charge < -0.3 is 20.1 Å². The number of rotatable bonds is 8. The summed E-state index contributed by atoms with van der Waals surface area (Å²) >= 11 is 0. The van der Waals surface area contributed by atoms with Gasteiger partial charge in [0.25, 0.3) is 11.5 Å². The van der Waals surface area contributed by atoms with E-state index in [2.05, 4.69) is 15.7 Å². The molecule has 0 aliphatic heterocycles. The number of aromatic nitrogens is 2. The number of amides is 2. The second kappa shape index (κ2) is 10.9. The lowest BCUT2D eigenvalue weighted by atomic mass is 10.2. The highest BCUT2D eigenvalue weighted by Crippen LogP contribution is 2.17. The highest BCUT2D eigenvalue weighted by atomic mass is 16.5. The number of esters is 1. The van der Waals surface area contributed by atoms with E-state index in [1.165, 1.54) is 6.92 Å². The molecule has 0 aliphatic carbocycles. The van der Waals surface area contributed by atoms with Crippen molar-refractivity contribution in [3.8, 4) is 11.4 Å². The molecule has 0 unspecified atom stereocenters. The summed E-state index contributed by atoms with van der Waals surface area (Å²) in [5.74, 6) is -1.68. The fourth-order valence-corrected chi connectivity index (χ4v) is 2.94. The van der Waals surface area contributed by atoms with Crippen molar-refractivity contribution in [1.82, 2.24) is 9.78 Å². The van der Waals surface area contributed by atoms with Gasteiger partial charge in [0.15, 0.2) is 12.4 Å². The van der Waals surface area contributed by atoms with Crippen LogP contribution in [0.4, 0.5) is 11.4 Å². The van der Waals surface area contributed by atoms with Gasteiger partial charge in [-0.1, -0.05) is 17.7 Å². The number of nitrogens with zero attached hydrogens (tertiary/aromatic N) is 2. The van der Waals surface area contributed by atoms with Gasteiger partial charge in [-0.15, -0.1) is 0 Å². The van der Waals surface area contributed by atoms with Crippen molar-refractivity contribution in [2.75, 3.05) is 23.8 Å². The third kappa shape index (κ3) is 6.28. The number of benzene rings is 2. The van der Waals surface area contributed by atoms with Gasteiger partial charge in [0, 0.05) is 18.3 Å². The lowest BCUT2D eigenvalue weighted by molar-refractivity contribution is -0.118. The molecule has 0 aliphatic rings. The lowest BCUT2D eigenvalue weighted by Crippen LogP contribution is -2.27. The number of hydrogen-bond acceptors (Lipinski definition) is 7. The minimum atomic E-state index is -0.785. The maximum atomic E-state index is 12.6. The van der Waals surface area contributed by atoms with Gasteiger partial charge in [-0.2, -0.15) is 9.78 Å². The average molecular weight is 464 g/mol. The van der Waals surface area contributed by atoms with E-state index in [1.54, 1.807) is 43.3 Å². The van der Waals surface area contributed by atoms with E-state index in [-0.39, 0.29) is 24.0 Å². The van der Waals surface area contributed by atoms with Crippen LogP contribution >= 0.6 is 0 Å². The smallest absolute Gasteiger partial charge is 0.362 e. The zero-order valence-electron chi connectivity index (χ0n) is 19.0. The summed E-state index contributed by atoms with van der Waals surface area (Å²) in [5.41, 5.74) is 1.75. The molecule has 0 fully saturated rings. The average Bonchev–Trinajstić information content (AvgIpc) is 2.79. The molecule has 10 nitrogen and oxygen atoms in total. The molecule has 0 spiro atoms. The first-order valence-corrected chi connectivity index (χ1v) is 10.5. The maximum Gasteiger partial charge on any atom is 0.362 e. The molecule has 2 N–H and O–H groups in total. The summed E-state index contributed by atoms with van der Waals surface area (Å²) in [4.78, 5) is 48.5. The predicted octanol–water partition coefficient (Wildman–Crippen LogP) is 2.69. The summed E-state index contributed by atoms with van der Waals surface area (Å²) in [5, 5.41) is 9.38. The van der Waals surface area contributed by atoms with Crippen LogP contribution in [0.2, 0.25) is 0 Å². The lowest BCUT2D eigenvalue weighted by Gasteiger charge is -2.13. The molecule has 0 radical (unpaired) electrons. The second-order valence-electron chi connectivity index (χ2n) is 7.26. The Balaban J connectivity index is 1.77. The second-order valence-corrected chi connectivity index (χ2v) is 7.26. The van der Waals surface area contributed by atoms with Crippen LogP contribution in [0, 0.1) is 6.92 Å². The Bertz CT molecular complexity index is 1250. The Kier molecular flexibility index (Phi) is 7.75. The Morgan fingerprint density at radius 2 is 1.59 bits per heavy atom. The number of hydrogen-bond donors (Lipinski definition) is 2. The molecular formula is C24H24N4O6. The standard InChI is InChI=1S/C24H24N4O6/c1-4-33-24(32)23-20(13-22(31)28(27-23)19-11-5-15(2)6-12-19)34-14-21(30)26-18-9-7-17(8-10-18)25-16(3)29/h5-13H,4,14H2,1-3H3,(H,25,29)(H,26,30). The summed E-state index contributed by atoms with van der Waals surface area (Å²) in [6.45, 7) is 4.56. The largest absolute Gasteiger partial charge is 0.481 e. The Labute approximate surface area is 195 Å². The van der Waals surface area contributed by atoms with E-state index in [0.29, 0.717) is 17.1 Å². The molecule has 1 aromatic heterocycles. The third-order valence-corrected chi connectivity index (χ3v) is 4.49. The number of anilines is 2. The number of ether oxygens (including phenoxy) is 2. The van der Waals surface area contributed by atoms with Crippen LogP contribution in [-0.4, -0.2) is 40.8 Å². The van der Waals surface area contributed by atoms with Crippen LogP contribution in [0.5, 0.6) is 5.75 Å². The first kappa shape index (κ1) is 24.2. The van der Waals surface area contributed by atoms with Crippen molar-refractivity contribution in [3.63, 3.8) is 0 Å². The zero-order valence-corrected chi connectivity index (χ0v) is 19.0. The summed E-state index contributed by atoms with van der Waals surface area (Å²) in [7, 11) is 0. The number of carbonyl (C=O) groups excluding carboxylic acids is 3. The Morgan fingerprint density at radius 3 is 2.18 bits per heavy atom. The van der Waals surface area contributed by atoms with Crippen LogP contribution in [0.1, 0.15) is 29.9 Å². The van der Waals surface area contributed by atoms with Gasteiger partial charge in [-0.3, -0.25) is 14.4 Å². The van der Waals surface area contributed by atoms with Gasteiger partial charge >= 0.3 is 5.97 Å². The first-order chi connectivity index (χ1) is 16.3. The van der Waals surface area contributed by atoms with Crippen LogP contribution in [0.15, 0.2) is 59.4 Å². The molecule has 34 heavy (non-hydrogen) atoms. The minimum Gasteiger partial charge on any atom is -0.481 e. The summed E-state index contributed by atoms with van der Waals surface area (Å²) in [6.07, 6.45) is 0. The van der Waals surface area contributed by atoms with E-state index in [9.17, 15) is 19.2 Å². The van der Waals surface area contributed by atoms with Crippen LogP contribution in [0.25, 0.3) is 5.69 Å². The van der Waals surface area contributed by atoms with Crippen molar-refractivity contribution in [2.24, 2.45) is 0 Å². The van der Waals surface area contributed by atoms with E-state index in [0.717, 1.165) is 16.3 Å². The SMILES string of the molecule is CCOC(=O)c1nn(-c2ccc(C)cc2)c(=O)cc1OCC(=O)Nc1ccc(NC(C)=O)cc1. The maximum absolute atomic E-state index is 12.6. The van der Waals surface area contributed by atoms with Crippen molar-refractivity contribution in [2.45, 2.75) is 20.8 Å². The molecular weight excluding hydrogens is 440 g/mol. The van der Waals surface area contributed by atoms with Gasteiger partial charge in [0.1, 0.15) is 0 Å². The van der Waals surface area contributed by atoms with E-state index in [1.807, 2.05) is 19.1 Å². The van der Waals surface area contributed by atoms with E-state index >= 15 is 0 Å². The van der Waals surface area contributed by atoms with Crippen molar-refractivity contribution in [1.29, 1.82) is 0 Å². The number of carbonyl (C=O) groups is 3. The highest BCUT2D eigenvalue weighted by Gasteiger charge is 2.20. The van der Waals surface area contributed by atoms with Crippen molar-refractivity contribution >= 4 is 29.2 Å². The van der Waals surface area contributed by atoms with Crippen LogP contribution in [0.3, 0.4) is 0 Å².